The van der Waals surface area contributed by atoms with Gasteiger partial charge in [0.05, 0.1) is 11.8 Å². The number of anilines is 1. The molecule has 0 aliphatic heterocycles. The molecule has 0 spiro atoms. The maximum atomic E-state index is 12.5. The summed E-state index contributed by atoms with van der Waals surface area (Å²) < 4.78 is 0. The van der Waals surface area contributed by atoms with E-state index in [1.165, 1.54) is 0 Å². The van der Waals surface area contributed by atoms with Crippen LogP contribution in [0.4, 0.5) is 5.82 Å². The number of nitriles is 1. The van der Waals surface area contributed by atoms with Crippen molar-refractivity contribution >= 4 is 30.6 Å². The molecule has 0 radical (unpaired) electrons. The molecule has 3 rings (SSSR count). The number of hydrogen-bond donors (Lipinski definition) is 2. The van der Waals surface area contributed by atoms with Crippen molar-refractivity contribution < 1.29 is 4.79 Å². The summed E-state index contributed by atoms with van der Waals surface area (Å²) in [6.45, 7) is 11.4. The molecule has 152 valence electrons. The van der Waals surface area contributed by atoms with Gasteiger partial charge in [-0.2, -0.15) is 5.26 Å². The van der Waals surface area contributed by atoms with Crippen LogP contribution in [0.25, 0.3) is 23.4 Å². The molecular formula is C23H24N6O. The van der Waals surface area contributed by atoms with E-state index >= 15 is 0 Å². The molecule has 30 heavy (non-hydrogen) atoms. The van der Waals surface area contributed by atoms with E-state index in [0.29, 0.717) is 30.2 Å². The molecule has 0 bridgehead atoms. The van der Waals surface area contributed by atoms with E-state index in [9.17, 15) is 4.79 Å². The minimum atomic E-state index is -0.161. The lowest BCUT2D eigenvalue weighted by atomic mass is 9.95. The molecule has 1 aliphatic carbocycles. The number of carbonyl (C=O) groups is 1. The van der Waals surface area contributed by atoms with E-state index in [2.05, 4.69) is 39.6 Å². The minimum absolute atomic E-state index is 0.114. The number of amides is 1. The summed E-state index contributed by atoms with van der Waals surface area (Å²) in [6, 6.07) is 4.01. The SMILES string of the molecule is C=Cc1c(-c2cnccc2C)nc(N)c(C)c1/C=C(\N=C)NC(=O)[C@@H]1C[C@H]1CC#N. The average molecular weight is 400 g/mol. The molecule has 7 heteroatoms. The molecule has 1 saturated carbocycles. The molecule has 2 aromatic heterocycles. The Morgan fingerprint density at radius 3 is 2.87 bits per heavy atom. The fourth-order valence-electron chi connectivity index (χ4n) is 3.43. The number of carbonyl (C=O) groups excluding carboxylic acids is 1. The molecule has 2 heterocycles. The number of aryl methyl sites for hydroxylation is 1. The molecule has 7 nitrogen and oxygen atoms in total. The molecule has 0 aromatic carbocycles. The summed E-state index contributed by atoms with van der Waals surface area (Å²) >= 11 is 0. The Balaban J connectivity index is 2.03. The quantitative estimate of drug-likeness (QED) is 0.688. The summed E-state index contributed by atoms with van der Waals surface area (Å²) in [4.78, 5) is 25.2. The minimum Gasteiger partial charge on any atom is -0.383 e. The first-order chi connectivity index (χ1) is 14.4. The van der Waals surface area contributed by atoms with Gasteiger partial charge in [-0.3, -0.25) is 9.78 Å². The fourth-order valence-corrected chi connectivity index (χ4v) is 3.43. The predicted octanol–water partition coefficient (Wildman–Crippen LogP) is 3.65. The fraction of sp³-hybridized carbons (Fsp3) is 0.261. The Morgan fingerprint density at radius 2 is 2.23 bits per heavy atom. The smallest absolute Gasteiger partial charge is 0.228 e. The van der Waals surface area contributed by atoms with Crippen LogP contribution < -0.4 is 11.1 Å². The standard InChI is InChI=1S/C23H24N6O/c1-5-16-17(11-20(26-4)28-23(30)18-10-15(18)6-8-24)14(3)22(25)29-21(16)19-12-27-9-7-13(19)2/h5,7,9,11-12,15,18H,1,4,6,10H2,2-3H3,(H2,25,29)(H,28,30)/b20-11+/t15-,18-/m1/s1. The number of aliphatic imine (C=N–C) groups is 1. The zero-order valence-electron chi connectivity index (χ0n) is 17.1. The van der Waals surface area contributed by atoms with E-state index in [1.54, 1.807) is 24.5 Å². The highest BCUT2D eigenvalue weighted by atomic mass is 16.2. The van der Waals surface area contributed by atoms with Gasteiger partial charge in [-0.15, -0.1) is 0 Å². The molecule has 0 saturated heterocycles. The summed E-state index contributed by atoms with van der Waals surface area (Å²) in [5.41, 5.74) is 11.0. The molecular weight excluding hydrogens is 376 g/mol. The van der Waals surface area contributed by atoms with Gasteiger partial charge in [-0.25, -0.2) is 9.98 Å². The van der Waals surface area contributed by atoms with E-state index in [0.717, 1.165) is 27.8 Å². The van der Waals surface area contributed by atoms with Gasteiger partial charge in [-0.05, 0) is 61.7 Å². The van der Waals surface area contributed by atoms with Crippen molar-refractivity contribution in [2.75, 3.05) is 5.73 Å². The molecule has 3 N–H and O–H groups in total. The number of hydrogen-bond acceptors (Lipinski definition) is 6. The second kappa shape index (κ2) is 8.70. The topological polar surface area (TPSA) is 117 Å². The maximum absolute atomic E-state index is 12.5. The van der Waals surface area contributed by atoms with Crippen LogP contribution in [0.5, 0.6) is 0 Å². The molecule has 1 aliphatic rings. The Bertz CT molecular complexity index is 1100. The first-order valence-corrected chi connectivity index (χ1v) is 9.61. The van der Waals surface area contributed by atoms with Crippen molar-refractivity contribution in [1.82, 2.24) is 15.3 Å². The van der Waals surface area contributed by atoms with Crippen LogP contribution in [-0.4, -0.2) is 22.6 Å². The third-order valence-corrected chi connectivity index (χ3v) is 5.38. The number of nitrogens with one attached hydrogen (secondary N) is 1. The Kier molecular flexibility index (Phi) is 6.07. The highest BCUT2D eigenvalue weighted by Crippen LogP contribution is 2.41. The van der Waals surface area contributed by atoms with Crippen molar-refractivity contribution in [2.24, 2.45) is 16.8 Å². The Hall–Kier alpha value is -3.79. The van der Waals surface area contributed by atoms with E-state index < -0.39 is 0 Å². The van der Waals surface area contributed by atoms with Crippen molar-refractivity contribution in [1.29, 1.82) is 5.26 Å². The second-order valence-corrected chi connectivity index (χ2v) is 7.33. The van der Waals surface area contributed by atoms with E-state index in [4.69, 9.17) is 11.0 Å². The van der Waals surface area contributed by atoms with Crippen molar-refractivity contribution in [3.8, 4) is 17.3 Å². The summed E-state index contributed by atoms with van der Waals surface area (Å²) in [6.07, 6.45) is 7.99. The summed E-state index contributed by atoms with van der Waals surface area (Å²) in [5.74, 6) is 0.482. The third kappa shape index (κ3) is 4.13. The van der Waals surface area contributed by atoms with Crippen LogP contribution in [0.1, 0.15) is 35.1 Å². The third-order valence-electron chi connectivity index (χ3n) is 5.38. The molecule has 2 atom stereocenters. The first-order valence-electron chi connectivity index (χ1n) is 9.61. The Morgan fingerprint density at radius 1 is 1.47 bits per heavy atom. The number of nitrogens with two attached hydrogens (primary N) is 1. The van der Waals surface area contributed by atoms with Gasteiger partial charge in [0.1, 0.15) is 11.6 Å². The zero-order valence-corrected chi connectivity index (χ0v) is 17.1. The summed E-state index contributed by atoms with van der Waals surface area (Å²) in [7, 11) is 0. The maximum Gasteiger partial charge on any atom is 0.228 e. The predicted molar refractivity (Wildman–Crippen MR) is 119 cm³/mol. The largest absolute Gasteiger partial charge is 0.383 e. The molecule has 2 aromatic rings. The molecule has 0 unspecified atom stereocenters. The van der Waals surface area contributed by atoms with Gasteiger partial charge in [-0.1, -0.05) is 12.7 Å². The van der Waals surface area contributed by atoms with Gasteiger partial charge in [0, 0.05) is 35.9 Å². The lowest BCUT2D eigenvalue weighted by Gasteiger charge is -2.16. The second-order valence-electron chi connectivity index (χ2n) is 7.33. The van der Waals surface area contributed by atoms with Crippen LogP contribution in [-0.2, 0) is 4.79 Å². The van der Waals surface area contributed by atoms with Gasteiger partial charge >= 0.3 is 0 Å². The lowest BCUT2D eigenvalue weighted by molar-refractivity contribution is -0.121. The summed E-state index contributed by atoms with van der Waals surface area (Å²) in [5, 5.41) is 11.6. The monoisotopic (exact) mass is 400 g/mol. The van der Waals surface area contributed by atoms with Crippen molar-refractivity contribution in [3.05, 3.63) is 53.1 Å². The van der Waals surface area contributed by atoms with Crippen LogP contribution in [0.15, 0.2) is 35.9 Å². The number of rotatable bonds is 7. The number of pyridine rings is 2. The lowest BCUT2D eigenvalue weighted by Crippen LogP contribution is -2.24. The van der Waals surface area contributed by atoms with Gasteiger partial charge in [0.15, 0.2) is 0 Å². The number of nitrogens with zero attached hydrogens (tertiary/aromatic N) is 4. The van der Waals surface area contributed by atoms with Crippen LogP contribution in [0.3, 0.4) is 0 Å². The van der Waals surface area contributed by atoms with Gasteiger partial charge in [0.25, 0.3) is 0 Å². The average Bonchev–Trinajstić information content (AvgIpc) is 3.50. The van der Waals surface area contributed by atoms with Gasteiger partial charge < -0.3 is 11.1 Å². The molecule has 1 fully saturated rings. The Labute approximate surface area is 176 Å². The van der Waals surface area contributed by atoms with Crippen molar-refractivity contribution in [2.45, 2.75) is 26.7 Å². The van der Waals surface area contributed by atoms with E-state index in [-0.39, 0.29) is 17.7 Å². The van der Waals surface area contributed by atoms with Crippen LogP contribution in [0.2, 0.25) is 0 Å². The normalized spacial score (nSPS) is 17.7. The number of nitrogen functional groups attached to an aromatic ring is 1. The molecule has 1 amide bonds. The van der Waals surface area contributed by atoms with E-state index in [1.807, 2.05) is 19.9 Å². The van der Waals surface area contributed by atoms with Crippen LogP contribution in [0, 0.1) is 37.0 Å². The highest BCUT2D eigenvalue weighted by Gasteiger charge is 2.42. The highest BCUT2D eigenvalue weighted by molar-refractivity contribution is 5.86. The van der Waals surface area contributed by atoms with Crippen molar-refractivity contribution in [3.63, 3.8) is 0 Å². The zero-order chi connectivity index (χ0) is 21.8. The van der Waals surface area contributed by atoms with Gasteiger partial charge in [0.2, 0.25) is 5.91 Å². The first kappa shape index (κ1) is 20.9. The van der Waals surface area contributed by atoms with Crippen LogP contribution >= 0.6 is 0 Å². The number of aromatic nitrogens is 2.